The molecule has 1 aromatic heterocycles. The van der Waals surface area contributed by atoms with Gasteiger partial charge >= 0.3 is 0 Å². The smallest absolute Gasteiger partial charge is 0.239 e. The predicted molar refractivity (Wildman–Crippen MR) is 87.1 cm³/mol. The van der Waals surface area contributed by atoms with Gasteiger partial charge in [-0.05, 0) is 37.6 Å². The molecule has 3 rings (SSSR count). The number of carbonyl (C=O) groups is 2. The highest BCUT2D eigenvalue weighted by atomic mass is 35.5. The van der Waals surface area contributed by atoms with Crippen LogP contribution in [0.3, 0.4) is 0 Å². The normalized spacial score (nSPS) is 17.6. The molecular weight excluding hydrogens is 316 g/mol. The average Bonchev–Trinajstić information content (AvgIpc) is 3.12. The Morgan fingerprint density at radius 3 is 2.83 bits per heavy atom. The van der Waals surface area contributed by atoms with Crippen LogP contribution in [-0.4, -0.2) is 28.6 Å². The van der Waals surface area contributed by atoms with Gasteiger partial charge < -0.3 is 10.2 Å². The van der Waals surface area contributed by atoms with E-state index in [9.17, 15) is 9.59 Å². The van der Waals surface area contributed by atoms with E-state index in [0.717, 1.165) is 16.9 Å². The quantitative estimate of drug-likeness (QED) is 0.841. The molecule has 7 heteroatoms. The van der Waals surface area contributed by atoms with Crippen molar-refractivity contribution in [1.82, 2.24) is 15.5 Å². The number of halogens is 1. The number of hydrogen-bond acceptors (Lipinski definition) is 3. The van der Waals surface area contributed by atoms with Gasteiger partial charge in [-0.3, -0.25) is 14.7 Å². The van der Waals surface area contributed by atoms with Crippen molar-refractivity contribution in [1.29, 1.82) is 0 Å². The van der Waals surface area contributed by atoms with Crippen LogP contribution < -0.4 is 10.2 Å². The number of anilines is 1. The molecule has 0 spiro atoms. The first kappa shape index (κ1) is 15.6. The molecular formula is C16H17ClN4O2. The summed E-state index contributed by atoms with van der Waals surface area (Å²) in [6, 6.07) is 7.04. The zero-order chi connectivity index (χ0) is 16.4. The van der Waals surface area contributed by atoms with Gasteiger partial charge in [-0.25, -0.2) is 0 Å². The SMILES string of the molecule is Cc1[nH]ncc1CNC(=O)C1CCN(c2ccc(Cl)cc2)C1=O. The summed E-state index contributed by atoms with van der Waals surface area (Å²) in [5.41, 5.74) is 2.59. The fourth-order valence-corrected chi connectivity index (χ4v) is 2.79. The maximum absolute atomic E-state index is 12.5. The highest BCUT2D eigenvalue weighted by Crippen LogP contribution is 2.26. The van der Waals surface area contributed by atoms with Crippen molar-refractivity contribution in [2.75, 3.05) is 11.4 Å². The van der Waals surface area contributed by atoms with E-state index < -0.39 is 5.92 Å². The summed E-state index contributed by atoms with van der Waals surface area (Å²) in [6.45, 7) is 2.78. The number of nitrogens with one attached hydrogen (secondary N) is 2. The van der Waals surface area contributed by atoms with Gasteiger partial charge in [-0.1, -0.05) is 11.6 Å². The minimum Gasteiger partial charge on any atom is -0.351 e. The molecule has 1 aliphatic rings. The van der Waals surface area contributed by atoms with Crippen molar-refractivity contribution < 1.29 is 9.59 Å². The number of aromatic amines is 1. The Balaban J connectivity index is 1.63. The number of hydrogen-bond donors (Lipinski definition) is 2. The number of aromatic nitrogens is 2. The number of carbonyl (C=O) groups excluding carboxylic acids is 2. The minimum absolute atomic E-state index is 0.172. The Bertz CT molecular complexity index is 726. The van der Waals surface area contributed by atoms with Crippen molar-refractivity contribution in [3.8, 4) is 0 Å². The number of amides is 2. The molecule has 1 fully saturated rings. The summed E-state index contributed by atoms with van der Waals surface area (Å²) in [7, 11) is 0. The molecule has 6 nitrogen and oxygen atoms in total. The van der Waals surface area contributed by atoms with Gasteiger partial charge in [0.1, 0.15) is 5.92 Å². The van der Waals surface area contributed by atoms with Gasteiger partial charge in [0.05, 0.1) is 6.20 Å². The standard InChI is InChI=1S/C16H17ClN4O2/c1-10-11(9-19-20-10)8-18-15(22)14-6-7-21(16(14)23)13-4-2-12(17)3-5-13/h2-5,9,14H,6-8H2,1H3,(H,18,22)(H,19,20). The van der Waals surface area contributed by atoms with Gasteiger partial charge in [0, 0.05) is 35.1 Å². The van der Waals surface area contributed by atoms with Gasteiger partial charge in [0.15, 0.2) is 0 Å². The minimum atomic E-state index is -0.641. The lowest BCUT2D eigenvalue weighted by atomic mass is 10.1. The van der Waals surface area contributed by atoms with E-state index in [0.29, 0.717) is 24.5 Å². The monoisotopic (exact) mass is 332 g/mol. The van der Waals surface area contributed by atoms with E-state index in [1.165, 1.54) is 0 Å². The van der Waals surface area contributed by atoms with Gasteiger partial charge in [0.25, 0.3) is 0 Å². The van der Waals surface area contributed by atoms with Crippen molar-refractivity contribution in [2.24, 2.45) is 5.92 Å². The molecule has 1 aliphatic heterocycles. The van der Waals surface area contributed by atoms with Crippen LogP contribution in [0.4, 0.5) is 5.69 Å². The topological polar surface area (TPSA) is 78.1 Å². The van der Waals surface area contributed by atoms with E-state index >= 15 is 0 Å². The van der Waals surface area contributed by atoms with Gasteiger partial charge in [-0.15, -0.1) is 0 Å². The summed E-state index contributed by atoms with van der Waals surface area (Å²) in [4.78, 5) is 26.4. The predicted octanol–water partition coefficient (Wildman–Crippen LogP) is 2.04. The first-order valence-electron chi connectivity index (χ1n) is 7.40. The lowest BCUT2D eigenvalue weighted by Crippen LogP contribution is -2.36. The van der Waals surface area contributed by atoms with Crippen LogP contribution in [0.2, 0.25) is 5.02 Å². The molecule has 0 aliphatic carbocycles. The van der Waals surface area contributed by atoms with Crippen LogP contribution in [-0.2, 0) is 16.1 Å². The number of H-pyrrole nitrogens is 1. The largest absolute Gasteiger partial charge is 0.351 e. The van der Waals surface area contributed by atoms with Gasteiger partial charge in [0.2, 0.25) is 11.8 Å². The Morgan fingerprint density at radius 1 is 1.43 bits per heavy atom. The molecule has 0 bridgehead atoms. The van der Waals surface area contributed by atoms with E-state index in [4.69, 9.17) is 11.6 Å². The molecule has 2 N–H and O–H groups in total. The molecule has 1 aromatic carbocycles. The first-order valence-corrected chi connectivity index (χ1v) is 7.77. The highest BCUT2D eigenvalue weighted by Gasteiger charge is 2.37. The Morgan fingerprint density at radius 2 is 2.17 bits per heavy atom. The second-order valence-electron chi connectivity index (χ2n) is 5.55. The Hall–Kier alpha value is -2.34. The van der Waals surface area contributed by atoms with E-state index in [-0.39, 0.29) is 11.8 Å². The second kappa shape index (κ2) is 6.42. The highest BCUT2D eigenvalue weighted by molar-refractivity contribution is 6.30. The zero-order valence-corrected chi connectivity index (χ0v) is 13.4. The summed E-state index contributed by atoms with van der Waals surface area (Å²) >= 11 is 5.86. The van der Waals surface area contributed by atoms with E-state index in [1.807, 2.05) is 6.92 Å². The molecule has 0 saturated carbocycles. The van der Waals surface area contributed by atoms with Crippen molar-refractivity contribution in [3.63, 3.8) is 0 Å². The van der Waals surface area contributed by atoms with Crippen LogP contribution in [0.15, 0.2) is 30.5 Å². The average molecular weight is 333 g/mol. The Kier molecular flexibility index (Phi) is 4.34. The maximum Gasteiger partial charge on any atom is 0.239 e. The molecule has 2 aromatic rings. The van der Waals surface area contributed by atoms with Gasteiger partial charge in [-0.2, -0.15) is 5.10 Å². The van der Waals surface area contributed by atoms with Crippen LogP contribution in [0.1, 0.15) is 17.7 Å². The first-order chi connectivity index (χ1) is 11.1. The fraction of sp³-hybridized carbons (Fsp3) is 0.312. The third-order valence-corrected chi connectivity index (χ3v) is 4.30. The zero-order valence-electron chi connectivity index (χ0n) is 12.7. The third-order valence-electron chi connectivity index (χ3n) is 4.05. The molecule has 120 valence electrons. The lowest BCUT2D eigenvalue weighted by molar-refractivity contribution is -0.132. The fourth-order valence-electron chi connectivity index (χ4n) is 2.66. The van der Waals surface area contributed by atoms with Crippen molar-refractivity contribution in [2.45, 2.75) is 19.9 Å². The van der Waals surface area contributed by atoms with Crippen LogP contribution in [0, 0.1) is 12.8 Å². The van der Waals surface area contributed by atoms with Crippen LogP contribution >= 0.6 is 11.6 Å². The van der Waals surface area contributed by atoms with E-state index in [1.54, 1.807) is 35.4 Å². The Labute approximate surface area is 138 Å². The molecule has 1 saturated heterocycles. The molecule has 2 amide bonds. The number of rotatable bonds is 4. The van der Waals surface area contributed by atoms with Crippen LogP contribution in [0.5, 0.6) is 0 Å². The number of benzene rings is 1. The van der Waals surface area contributed by atoms with E-state index in [2.05, 4.69) is 15.5 Å². The molecule has 0 radical (unpaired) electrons. The molecule has 2 heterocycles. The number of nitrogens with zero attached hydrogens (tertiary/aromatic N) is 2. The lowest BCUT2D eigenvalue weighted by Gasteiger charge is -2.16. The van der Waals surface area contributed by atoms with Crippen molar-refractivity contribution >= 4 is 29.1 Å². The van der Waals surface area contributed by atoms with Crippen LogP contribution in [0.25, 0.3) is 0 Å². The summed E-state index contributed by atoms with van der Waals surface area (Å²) in [5, 5.41) is 10.2. The molecule has 1 unspecified atom stereocenters. The molecule has 23 heavy (non-hydrogen) atoms. The number of aryl methyl sites for hydroxylation is 1. The van der Waals surface area contributed by atoms with Crippen molar-refractivity contribution in [3.05, 3.63) is 46.7 Å². The second-order valence-corrected chi connectivity index (χ2v) is 5.98. The maximum atomic E-state index is 12.5. The summed E-state index contributed by atoms with van der Waals surface area (Å²) < 4.78 is 0. The summed E-state index contributed by atoms with van der Waals surface area (Å²) in [5.74, 6) is -1.06. The third kappa shape index (κ3) is 3.22. The molecule has 1 atom stereocenters. The summed E-state index contributed by atoms with van der Waals surface area (Å²) in [6.07, 6.45) is 2.18.